The first kappa shape index (κ1) is 59.1. The molecule has 0 spiro atoms. The van der Waals surface area contributed by atoms with Crippen molar-refractivity contribution in [3.8, 4) is 0 Å². The molecule has 6 aliphatic heterocycles. The molecule has 2 aromatic heterocycles. The smallest absolute Gasteiger partial charge is 0.410 e. The monoisotopic (exact) mass is 1120 g/mol. The zero-order valence-corrected chi connectivity index (χ0v) is 45.6. The number of amides is 6. The van der Waals surface area contributed by atoms with Crippen LogP contribution in [-0.2, 0) is 68.8 Å². The van der Waals surface area contributed by atoms with Gasteiger partial charge in [-0.3, -0.25) is 19.2 Å². The predicted molar refractivity (Wildman–Crippen MR) is 283 cm³/mol. The SMILES string of the molecule is CC(C)(C)OC(=O)N1CCc2nc(NC(=O)C3CCOCC3)sc2C1.NC(=S)NC(=O)C1CCOCC1.O=C(Nc1nc2c(s1)CN(C(=O)Nc1ccc(F)c(Cl)c1)CC2)C1CCOCC1.O=C(O)C1CCOCC1. The van der Waals surface area contributed by atoms with Gasteiger partial charge in [0, 0.05) is 112 Å². The van der Waals surface area contributed by atoms with Gasteiger partial charge in [0.15, 0.2) is 15.4 Å². The maximum atomic E-state index is 13.3. The molecule has 26 heteroatoms. The van der Waals surface area contributed by atoms with Crippen molar-refractivity contribution in [1.82, 2.24) is 25.1 Å². The van der Waals surface area contributed by atoms with Crippen LogP contribution in [-0.4, -0.2) is 137 Å². The topological polar surface area (TPSA) is 275 Å². The largest absolute Gasteiger partial charge is 0.481 e. The zero-order chi connectivity index (χ0) is 54.1. The molecule has 3 aromatic rings. The molecule has 4 fully saturated rings. The molecule has 0 atom stereocenters. The molecule has 75 heavy (non-hydrogen) atoms. The zero-order valence-electron chi connectivity index (χ0n) is 42.4. The van der Waals surface area contributed by atoms with E-state index in [9.17, 15) is 33.2 Å². The number of nitrogens with one attached hydrogen (secondary N) is 4. The van der Waals surface area contributed by atoms with E-state index >= 15 is 0 Å². The quantitative estimate of drug-likeness (QED) is 0.130. The van der Waals surface area contributed by atoms with E-state index in [0.29, 0.717) is 121 Å². The highest BCUT2D eigenvalue weighted by molar-refractivity contribution is 7.80. The normalized spacial score (nSPS) is 18.4. The van der Waals surface area contributed by atoms with Crippen LogP contribution in [0.3, 0.4) is 0 Å². The molecule has 1 aromatic carbocycles. The fourth-order valence-corrected chi connectivity index (χ4v) is 10.7. The van der Waals surface area contributed by atoms with E-state index in [-0.39, 0.29) is 63.7 Å². The molecule has 0 radical (unpaired) electrons. The average Bonchev–Trinajstić information content (AvgIpc) is 4.00. The van der Waals surface area contributed by atoms with Gasteiger partial charge in [0.1, 0.15) is 11.4 Å². The van der Waals surface area contributed by atoms with Gasteiger partial charge in [-0.2, -0.15) is 0 Å². The summed E-state index contributed by atoms with van der Waals surface area (Å²) in [4.78, 5) is 85.4. The second-order valence-corrected chi connectivity index (χ2v) is 22.4. The van der Waals surface area contributed by atoms with Gasteiger partial charge >= 0.3 is 18.1 Å². The van der Waals surface area contributed by atoms with Gasteiger partial charge in [0.25, 0.3) is 0 Å². The lowest BCUT2D eigenvalue weighted by Crippen LogP contribution is -2.40. The highest BCUT2D eigenvalue weighted by atomic mass is 35.5. The van der Waals surface area contributed by atoms with Gasteiger partial charge in [-0.05, 0) is 103 Å². The molecule has 6 amide bonds. The third kappa shape index (κ3) is 19.1. The Morgan fingerprint density at radius 2 is 1.13 bits per heavy atom. The number of nitrogens with two attached hydrogens (primary N) is 1. The van der Waals surface area contributed by atoms with Crippen molar-refractivity contribution < 1.29 is 61.9 Å². The number of carbonyl (C=O) groups is 6. The average molecular weight is 1120 g/mol. The first-order valence-electron chi connectivity index (χ1n) is 25.0. The van der Waals surface area contributed by atoms with Gasteiger partial charge in [0.05, 0.1) is 35.4 Å². The van der Waals surface area contributed by atoms with Crippen molar-refractivity contribution in [3.63, 3.8) is 0 Å². The van der Waals surface area contributed by atoms with Crippen molar-refractivity contribution in [2.45, 2.75) is 104 Å². The Morgan fingerprint density at radius 3 is 1.55 bits per heavy atom. The lowest BCUT2D eigenvalue weighted by molar-refractivity contribution is -0.144. The summed E-state index contributed by atoms with van der Waals surface area (Å²) in [6, 6.07) is 3.76. The summed E-state index contributed by atoms with van der Waals surface area (Å²) in [7, 11) is 0. The second kappa shape index (κ2) is 28.8. The van der Waals surface area contributed by atoms with Crippen LogP contribution in [0.2, 0.25) is 5.02 Å². The van der Waals surface area contributed by atoms with Crippen LogP contribution in [0.15, 0.2) is 18.2 Å². The molecule has 7 N–H and O–H groups in total. The van der Waals surface area contributed by atoms with Crippen LogP contribution in [0.5, 0.6) is 0 Å². The Labute approximate surface area is 453 Å². The number of anilines is 3. The third-order valence-electron chi connectivity index (χ3n) is 12.6. The maximum absolute atomic E-state index is 13.3. The molecule has 8 heterocycles. The third-order valence-corrected chi connectivity index (χ3v) is 15.0. The van der Waals surface area contributed by atoms with Gasteiger partial charge in [-0.1, -0.05) is 34.3 Å². The van der Waals surface area contributed by atoms with E-state index in [4.69, 9.17) is 46.1 Å². The molecule has 4 saturated heterocycles. The molecule has 0 saturated carbocycles. The van der Waals surface area contributed by atoms with Crippen molar-refractivity contribution in [2.24, 2.45) is 29.4 Å². The molecule has 0 unspecified atom stereocenters. The van der Waals surface area contributed by atoms with Crippen LogP contribution >= 0.6 is 46.5 Å². The van der Waals surface area contributed by atoms with Crippen molar-refractivity contribution >= 4 is 103 Å². The Hall–Kier alpha value is -5.15. The number of aromatic nitrogens is 2. The first-order valence-corrected chi connectivity index (χ1v) is 27.5. The number of aliphatic carboxylic acids is 1. The molecule has 9 rings (SSSR count). The lowest BCUT2D eigenvalue weighted by atomic mass is 10.00. The number of benzene rings is 1. The number of rotatable bonds is 7. The highest BCUT2D eigenvalue weighted by Crippen LogP contribution is 2.32. The summed E-state index contributed by atoms with van der Waals surface area (Å²) in [5.41, 5.74) is 6.97. The number of thiocarbonyl (C=S) groups is 1. The van der Waals surface area contributed by atoms with Crippen molar-refractivity contribution in [2.75, 3.05) is 81.9 Å². The van der Waals surface area contributed by atoms with Crippen LogP contribution in [0.1, 0.15) is 93.3 Å². The number of urea groups is 1. The number of carboxylic acids is 1. The number of hydrogen-bond donors (Lipinski definition) is 6. The van der Waals surface area contributed by atoms with Crippen LogP contribution in [0.4, 0.5) is 29.9 Å². The summed E-state index contributed by atoms with van der Waals surface area (Å²) >= 11 is 13.2. The number of ether oxygens (including phenoxy) is 5. The number of hydrogen-bond acceptors (Lipinski definition) is 16. The minimum atomic E-state index is -0.682. The fourth-order valence-electron chi connectivity index (χ4n) is 8.39. The van der Waals surface area contributed by atoms with E-state index < -0.39 is 17.4 Å². The van der Waals surface area contributed by atoms with Gasteiger partial charge in [0.2, 0.25) is 17.7 Å². The molecule has 21 nitrogen and oxygen atoms in total. The Morgan fingerprint density at radius 1 is 0.707 bits per heavy atom. The van der Waals surface area contributed by atoms with Gasteiger partial charge in [-0.15, -0.1) is 0 Å². The second-order valence-electron chi connectivity index (χ2n) is 19.4. The van der Waals surface area contributed by atoms with Crippen LogP contribution < -0.4 is 27.0 Å². The standard InChI is InChI=1S/C19H20ClFN4O3S.C17H25N3O4S.C7H12N2O2S.C6H10O3/c20-13-9-12(1-2-14(13)21)22-19(27)25-6-3-15-16(10-25)29-18(23-15)24-17(26)11-4-7-28-8-5-11;1-17(2,3)24-16(22)20-7-4-12-13(10-20)25-15(18-12)19-14(21)11-5-8-23-9-6-11;8-7(12)9-6(10)5-1-3-11-4-2-5;7-6(8)5-1-3-9-4-2-5/h1-2,9,11H,3-8,10H2,(H,22,27)(H,23,24,26);11H,4-10H2,1-3H3,(H,18,19,21);5H,1-4H2,(H3,8,9,10,12);5H,1-4H2,(H,7,8). The Kier molecular flexibility index (Phi) is 22.7. The summed E-state index contributed by atoms with van der Waals surface area (Å²) in [6.07, 6.45) is 6.80. The highest BCUT2D eigenvalue weighted by Gasteiger charge is 2.31. The molecular formula is C49H67ClFN9O12S3. The van der Waals surface area contributed by atoms with E-state index in [0.717, 1.165) is 59.7 Å². The summed E-state index contributed by atoms with van der Waals surface area (Å²) < 4.78 is 39.4. The van der Waals surface area contributed by atoms with Crippen molar-refractivity contribution in [3.05, 3.63) is 50.2 Å². The number of halogens is 2. The van der Waals surface area contributed by atoms with Crippen LogP contribution in [0, 0.1) is 29.5 Å². The molecule has 0 bridgehead atoms. The molecule has 6 aliphatic rings. The Bertz CT molecular complexity index is 2450. The molecule has 412 valence electrons. The van der Waals surface area contributed by atoms with Crippen LogP contribution in [0.25, 0.3) is 0 Å². The maximum Gasteiger partial charge on any atom is 0.410 e. The molecule has 0 aliphatic carbocycles. The van der Waals surface area contributed by atoms with E-state index in [1.165, 1.54) is 40.9 Å². The van der Waals surface area contributed by atoms with Crippen molar-refractivity contribution in [1.29, 1.82) is 0 Å². The minimum Gasteiger partial charge on any atom is -0.481 e. The fraction of sp³-hybridized carbons (Fsp3) is 0.612. The van der Waals surface area contributed by atoms with Gasteiger partial charge < -0.3 is 65.6 Å². The first-order chi connectivity index (χ1) is 35.8. The Balaban J connectivity index is 0.000000179. The predicted octanol–water partition coefficient (Wildman–Crippen LogP) is 6.96. The number of fused-ring (bicyclic) bond motifs is 2. The summed E-state index contributed by atoms with van der Waals surface area (Å²) in [5.74, 6) is -1.50. The number of carbonyl (C=O) groups excluding carboxylic acids is 5. The molecular weight excluding hydrogens is 1060 g/mol. The summed E-state index contributed by atoms with van der Waals surface area (Å²) in [6.45, 7) is 12.5. The van der Waals surface area contributed by atoms with E-state index in [1.54, 1.807) is 9.80 Å². The van der Waals surface area contributed by atoms with Gasteiger partial charge in [-0.25, -0.2) is 23.9 Å². The lowest BCUT2D eigenvalue weighted by Gasteiger charge is -2.29. The van der Waals surface area contributed by atoms with E-state index in [2.05, 4.69) is 43.5 Å². The number of carboxylic acid groups (broad SMARTS) is 1. The van der Waals surface area contributed by atoms with E-state index in [1.807, 2.05) is 20.8 Å². The summed E-state index contributed by atoms with van der Waals surface area (Å²) in [5, 5.41) is 20.7. The minimum absolute atomic E-state index is 0.00654. The number of thiazole rings is 2. The number of nitrogens with zero attached hydrogens (tertiary/aromatic N) is 4.